The number of aliphatic hydroxyl groups excluding tert-OH is 1. The van der Waals surface area contributed by atoms with Gasteiger partial charge in [-0.25, -0.2) is 4.98 Å². The number of rotatable bonds is 11. The molecule has 0 amide bonds. The molecule has 0 bridgehead atoms. The van der Waals surface area contributed by atoms with Crippen LogP contribution in [0.2, 0.25) is 5.02 Å². The van der Waals surface area contributed by atoms with Crippen LogP contribution in [0.5, 0.6) is 0 Å². The van der Waals surface area contributed by atoms with Gasteiger partial charge in [0, 0.05) is 34.7 Å². The summed E-state index contributed by atoms with van der Waals surface area (Å²) in [6.07, 6.45) is 0.932. The fourth-order valence-corrected chi connectivity index (χ4v) is 4.95. The predicted molar refractivity (Wildman–Crippen MR) is 135 cm³/mol. The molecule has 9 heteroatoms. The highest BCUT2D eigenvalue weighted by Crippen LogP contribution is 2.34. The van der Waals surface area contributed by atoms with E-state index in [0.717, 1.165) is 16.9 Å². The molecule has 0 aliphatic heterocycles. The molecule has 0 aliphatic rings. The van der Waals surface area contributed by atoms with Gasteiger partial charge in [-0.2, -0.15) is 0 Å². The summed E-state index contributed by atoms with van der Waals surface area (Å²) >= 11 is 7.77. The Hall–Kier alpha value is -2.49. The molecule has 4 aromatic rings. The van der Waals surface area contributed by atoms with Crippen LogP contribution in [0.25, 0.3) is 21.3 Å². The first-order valence-electron chi connectivity index (χ1n) is 11.2. The minimum atomic E-state index is -0.683. The minimum Gasteiger partial charge on any atom is -0.468 e. The fraction of sp³-hybridized carbons (Fsp3) is 0.360. The van der Waals surface area contributed by atoms with E-state index in [9.17, 15) is 9.90 Å². The molecule has 0 saturated heterocycles. The molecule has 1 atom stereocenters. The Morgan fingerprint density at radius 3 is 2.74 bits per heavy atom. The summed E-state index contributed by atoms with van der Waals surface area (Å²) in [7, 11) is 0. The van der Waals surface area contributed by atoms with E-state index in [2.05, 4.69) is 18.8 Å². The van der Waals surface area contributed by atoms with E-state index in [1.54, 1.807) is 12.3 Å². The van der Waals surface area contributed by atoms with Crippen LogP contribution >= 0.6 is 22.9 Å². The molecule has 2 N–H and O–H groups in total. The van der Waals surface area contributed by atoms with Gasteiger partial charge in [0.25, 0.3) is 5.56 Å². The zero-order valence-electron chi connectivity index (χ0n) is 19.2. The third kappa shape index (κ3) is 6.14. The number of hydrogen-bond donors (Lipinski definition) is 2. The van der Waals surface area contributed by atoms with Crippen molar-refractivity contribution in [2.75, 3.05) is 19.8 Å². The zero-order chi connectivity index (χ0) is 24.1. The average molecular weight is 502 g/mol. The Bertz CT molecular complexity index is 1270. The van der Waals surface area contributed by atoms with Crippen LogP contribution in [-0.4, -0.2) is 45.8 Å². The van der Waals surface area contributed by atoms with Gasteiger partial charge in [-0.3, -0.25) is 9.69 Å². The summed E-state index contributed by atoms with van der Waals surface area (Å²) in [4.78, 5) is 23.3. The van der Waals surface area contributed by atoms with Gasteiger partial charge in [-0.05, 0) is 24.1 Å². The summed E-state index contributed by atoms with van der Waals surface area (Å²) < 4.78 is 11.1. The maximum atomic E-state index is 13.1. The normalized spacial score (nSPS) is 12.8. The molecular formula is C25H28ClN3O4S. The molecule has 34 heavy (non-hydrogen) atoms. The highest BCUT2D eigenvalue weighted by molar-refractivity contribution is 7.17. The number of halogens is 1. The third-order valence-electron chi connectivity index (χ3n) is 5.22. The first-order valence-corrected chi connectivity index (χ1v) is 12.4. The van der Waals surface area contributed by atoms with Crippen LogP contribution in [-0.2, 0) is 17.8 Å². The quantitative estimate of drug-likeness (QED) is 0.302. The predicted octanol–water partition coefficient (Wildman–Crippen LogP) is 4.93. The van der Waals surface area contributed by atoms with Crippen LogP contribution in [0.4, 0.5) is 0 Å². The van der Waals surface area contributed by atoms with Gasteiger partial charge in [0.15, 0.2) is 0 Å². The van der Waals surface area contributed by atoms with E-state index < -0.39 is 6.10 Å². The third-order valence-corrected chi connectivity index (χ3v) is 6.42. The number of thiophene rings is 1. The van der Waals surface area contributed by atoms with E-state index >= 15 is 0 Å². The number of hydrogen-bond acceptors (Lipinski definition) is 7. The number of H-pyrrole nitrogens is 1. The Kier molecular flexibility index (Phi) is 8.18. The van der Waals surface area contributed by atoms with Gasteiger partial charge in [-0.1, -0.05) is 43.6 Å². The number of aliphatic hydroxyl groups is 1. The fourth-order valence-electron chi connectivity index (χ4n) is 3.76. The second kappa shape index (κ2) is 11.3. The molecule has 3 aromatic heterocycles. The lowest BCUT2D eigenvalue weighted by Gasteiger charge is -2.24. The number of ether oxygens (including phenoxy) is 1. The molecule has 180 valence electrons. The lowest BCUT2D eigenvalue weighted by atomic mass is 10.1. The van der Waals surface area contributed by atoms with Crippen LogP contribution in [0.15, 0.2) is 57.3 Å². The molecular weight excluding hydrogens is 474 g/mol. The first kappa shape index (κ1) is 24.6. The number of nitrogens with one attached hydrogen (secondary N) is 1. The molecule has 0 radical (unpaired) electrons. The van der Waals surface area contributed by atoms with Gasteiger partial charge < -0.3 is 19.2 Å². The van der Waals surface area contributed by atoms with Crippen molar-refractivity contribution in [3.63, 3.8) is 0 Å². The Labute approximate surface area is 207 Å². The standard InChI is InChI=1S/C25H28ClN3O4S/c1-16(2)13-32-14-17(30)10-29(11-18-6-5-9-33-18)12-22-27-24(31)23-20(15-34-25(23)28-22)19-7-3-4-8-21(19)26/h3-9,15-17,30H,10-14H2,1-2H3,(H,27,28,31)/t17-/m0/s1. The average Bonchev–Trinajstić information content (AvgIpc) is 3.44. The van der Waals surface area contributed by atoms with Crippen molar-refractivity contribution >= 4 is 33.2 Å². The van der Waals surface area contributed by atoms with Gasteiger partial charge in [-0.15, -0.1) is 11.3 Å². The SMILES string of the molecule is CC(C)COC[C@@H](O)CN(Cc1nc2scc(-c3ccccc3Cl)c2c(=O)[nH]1)Cc1ccco1. The number of aromatic nitrogens is 2. The number of benzene rings is 1. The van der Waals surface area contributed by atoms with Crippen molar-refractivity contribution in [3.8, 4) is 11.1 Å². The topological polar surface area (TPSA) is 91.6 Å². The van der Waals surface area contributed by atoms with E-state index in [-0.39, 0.29) is 12.2 Å². The minimum absolute atomic E-state index is 0.213. The van der Waals surface area contributed by atoms with Crippen molar-refractivity contribution in [3.05, 3.63) is 75.0 Å². The van der Waals surface area contributed by atoms with Crippen LogP contribution in [0, 0.1) is 5.92 Å². The maximum absolute atomic E-state index is 13.1. The van der Waals surface area contributed by atoms with E-state index in [4.69, 9.17) is 25.7 Å². The second-order valence-electron chi connectivity index (χ2n) is 8.66. The van der Waals surface area contributed by atoms with Crippen LogP contribution < -0.4 is 5.56 Å². The van der Waals surface area contributed by atoms with Crippen molar-refractivity contribution in [1.82, 2.24) is 14.9 Å². The molecule has 3 heterocycles. The zero-order valence-corrected chi connectivity index (χ0v) is 20.7. The summed E-state index contributed by atoms with van der Waals surface area (Å²) in [6.45, 7) is 6.10. The number of aromatic amines is 1. The number of nitrogens with zero attached hydrogens (tertiary/aromatic N) is 2. The van der Waals surface area contributed by atoms with E-state index in [1.165, 1.54) is 11.3 Å². The molecule has 0 unspecified atom stereocenters. The maximum Gasteiger partial charge on any atom is 0.260 e. The summed E-state index contributed by atoms with van der Waals surface area (Å²) in [5, 5.41) is 13.5. The molecule has 0 aliphatic carbocycles. The van der Waals surface area contributed by atoms with Gasteiger partial charge in [0.2, 0.25) is 0 Å². The van der Waals surface area contributed by atoms with E-state index in [1.807, 2.05) is 40.6 Å². The molecule has 1 aromatic carbocycles. The van der Waals surface area contributed by atoms with Gasteiger partial charge >= 0.3 is 0 Å². The number of furan rings is 1. The van der Waals surface area contributed by atoms with E-state index in [0.29, 0.717) is 53.2 Å². The summed E-state index contributed by atoms with van der Waals surface area (Å²) in [5.41, 5.74) is 1.37. The lowest BCUT2D eigenvalue weighted by molar-refractivity contribution is 0.00421. The summed E-state index contributed by atoms with van der Waals surface area (Å²) in [5.74, 6) is 1.68. The van der Waals surface area contributed by atoms with Crippen molar-refractivity contribution in [1.29, 1.82) is 0 Å². The Balaban J connectivity index is 1.55. The summed E-state index contributed by atoms with van der Waals surface area (Å²) in [6, 6.07) is 11.2. The smallest absolute Gasteiger partial charge is 0.260 e. The largest absolute Gasteiger partial charge is 0.468 e. The Morgan fingerprint density at radius 1 is 1.18 bits per heavy atom. The molecule has 4 rings (SSSR count). The number of fused-ring (bicyclic) bond motifs is 1. The highest BCUT2D eigenvalue weighted by Gasteiger charge is 2.19. The Morgan fingerprint density at radius 2 is 2.00 bits per heavy atom. The van der Waals surface area contributed by atoms with Crippen molar-refractivity contribution in [2.45, 2.75) is 33.0 Å². The molecule has 0 spiro atoms. The molecule has 0 saturated carbocycles. The lowest BCUT2D eigenvalue weighted by Crippen LogP contribution is -2.35. The highest BCUT2D eigenvalue weighted by atomic mass is 35.5. The van der Waals surface area contributed by atoms with Gasteiger partial charge in [0.05, 0.1) is 37.4 Å². The monoisotopic (exact) mass is 501 g/mol. The van der Waals surface area contributed by atoms with Crippen LogP contribution in [0.3, 0.4) is 0 Å². The molecule has 7 nitrogen and oxygen atoms in total. The van der Waals surface area contributed by atoms with Crippen LogP contribution in [0.1, 0.15) is 25.4 Å². The van der Waals surface area contributed by atoms with Crippen molar-refractivity contribution < 1.29 is 14.3 Å². The van der Waals surface area contributed by atoms with Gasteiger partial charge in [0.1, 0.15) is 16.4 Å². The van der Waals surface area contributed by atoms with Crippen molar-refractivity contribution in [2.24, 2.45) is 5.92 Å². The second-order valence-corrected chi connectivity index (χ2v) is 9.92. The first-order chi connectivity index (χ1) is 16.4. The molecule has 0 fully saturated rings.